The molecule has 0 spiro atoms. The molecule has 0 saturated carbocycles. The first-order valence-corrected chi connectivity index (χ1v) is 9.29. The highest BCUT2D eigenvalue weighted by molar-refractivity contribution is 5.82. The zero-order valence-corrected chi connectivity index (χ0v) is 15.4. The SMILES string of the molecule is C[C@@H]1O[C@H](Nc2ncnc3nc[nH]c23)[C@@H](O)C[C@H]1N(C)C(=O)[C@H]1CCCN1. The first-order chi connectivity index (χ1) is 13.0. The maximum Gasteiger partial charge on any atom is 0.239 e. The summed E-state index contributed by atoms with van der Waals surface area (Å²) in [7, 11) is 1.78. The van der Waals surface area contributed by atoms with E-state index in [2.05, 4.69) is 30.6 Å². The molecule has 2 fully saturated rings. The van der Waals surface area contributed by atoms with E-state index in [0.717, 1.165) is 19.4 Å². The van der Waals surface area contributed by atoms with Gasteiger partial charge in [-0.3, -0.25) is 4.79 Å². The lowest BCUT2D eigenvalue weighted by molar-refractivity contribution is -0.154. The minimum absolute atomic E-state index is 0.0570. The molecule has 4 heterocycles. The average molecular weight is 375 g/mol. The number of ether oxygens (including phenoxy) is 1. The van der Waals surface area contributed by atoms with E-state index in [9.17, 15) is 9.90 Å². The highest BCUT2D eigenvalue weighted by Crippen LogP contribution is 2.27. The highest BCUT2D eigenvalue weighted by Gasteiger charge is 2.40. The molecule has 0 unspecified atom stereocenters. The van der Waals surface area contributed by atoms with E-state index in [4.69, 9.17) is 4.74 Å². The molecule has 0 aliphatic carbocycles. The van der Waals surface area contributed by atoms with Gasteiger partial charge in [0.25, 0.3) is 0 Å². The van der Waals surface area contributed by atoms with Crippen LogP contribution in [0.25, 0.3) is 11.2 Å². The van der Waals surface area contributed by atoms with Crippen molar-refractivity contribution in [2.24, 2.45) is 0 Å². The van der Waals surface area contributed by atoms with Crippen molar-refractivity contribution in [2.75, 3.05) is 18.9 Å². The predicted molar refractivity (Wildman–Crippen MR) is 97.8 cm³/mol. The molecule has 5 atom stereocenters. The summed E-state index contributed by atoms with van der Waals surface area (Å²) in [6.07, 6.45) is 3.58. The summed E-state index contributed by atoms with van der Waals surface area (Å²) in [5.41, 5.74) is 1.20. The number of imidazole rings is 1. The maximum atomic E-state index is 12.7. The van der Waals surface area contributed by atoms with E-state index < -0.39 is 12.3 Å². The summed E-state index contributed by atoms with van der Waals surface area (Å²) in [6.45, 7) is 2.79. The van der Waals surface area contributed by atoms with Crippen molar-refractivity contribution in [1.82, 2.24) is 30.2 Å². The van der Waals surface area contributed by atoms with E-state index in [1.807, 2.05) is 6.92 Å². The number of hydrogen-bond donors (Lipinski definition) is 4. The van der Waals surface area contributed by atoms with E-state index in [-0.39, 0.29) is 24.1 Å². The first kappa shape index (κ1) is 18.1. The third kappa shape index (κ3) is 3.47. The lowest BCUT2D eigenvalue weighted by atomic mass is 9.97. The van der Waals surface area contributed by atoms with Gasteiger partial charge in [-0.2, -0.15) is 0 Å². The minimum Gasteiger partial charge on any atom is -0.388 e. The number of hydrogen-bond acceptors (Lipinski definition) is 8. The van der Waals surface area contributed by atoms with Gasteiger partial charge in [-0.1, -0.05) is 0 Å². The van der Waals surface area contributed by atoms with Crippen LogP contribution in [-0.2, 0) is 9.53 Å². The molecule has 2 aromatic heterocycles. The number of nitrogens with one attached hydrogen (secondary N) is 3. The number of nitrogens with zero attached hydrogens (tertiary/aromatic N) is 4. The third-order valence-electron chi connectivity index (χ3n) is 5.44. The summed E-state index contributed by atoms with van der Waals surface area (Å²) in [5.74, 6) is 0.577. The second kappa shape index (κ2) is 7.37. The molecule has 10 heteroatoms. The van der Waals surface area contributed by atoms with Crippen LogP contribution in [0.15, 0.2) is 12.7 Å². The van der Waals surface area contributed by atoms with Crippen LogP contribution in [-0.4, -0.2) is 80.0 Å². The lowest BCUT2D eigenvalue weighted by Crippen LogP contribution is -2.58. The van der Waals surface area contributed by atoms with Gasteiger partial charge in [0.2, 0.25) is 5.91 Å². The molecule has 0 aromatic carbocycles. The van der Waals surface area contributed by atoms with Crippen molar-refractivity contribution in [2.45, 2.75) is 56.7 Å². The molecule has 10 nitrogen and oxygen atoms in total. The molecule has 146 valence electrons. The number of aromatic amines is 1. The number of carbonyl (C=O) groups is 1. The summed E-state index contributed by atoms with van der Waals surface area (Å²) in [6, 6.07) is -0.324. The van der Waals surface area contributed by atoms with Crippen molar-refractivity contribution >= 4 is 22.9 Å². The molecule has 2 aromatic rings. The Kier molecular flexibility index (Phi) is 4.94. The molecule has 2 aliphatic rings. The molecular formula is C17H25N7O3. The number of likely N-dealkylation sites (N-methyl/N-ethyl adjacent to an activating group) is 1. The fourth-order valence-electron chi connectivity index (χ4n) is 3.89. The zero-order valence-electron chi connectivity index (χ0n) is 15.4. The fourth-order valence-corrected chi connectivity index (χ4v) is 3.89. The number of fused-ring (bicyclic) bond motifs is 1. The molecule has 1 amide bonds. The van der Waals surface area contributed by atoms with Gasteiger partial charge < -0.3 is 30.4 Å². The number of aromatic nitrogens is 4. The molecule has 27 heavy (non-hydrogen) atoms. The van der Waals surface area contributed by atoms with Crippen LogP contribution in [0.1, 0.15) is 26.2 Å². The molecule has 0 radical (unpaired) electrons. The van der Waals surface area contributed by atoms with Gasteiger partial charge in [-0.25, -0.2) is 15.0 Å². The monoisotopic (exact) mass is 375 g/mol. The van der Waals surface area contributed by atoms with Crippen molar-refractivity contribution < 1.29 is 14.6 Å². The van der Waals surface area contributed by atoms with Gasteiger partial charge in [0.15, 0.2) is 17.7 Å². The summed E-state index contributed by atoms with van der Waals surface area (Å²) < 4.78 is 6.00. The van der Waals surface area contributed by atoms with Gasteiger partial charge in [0, 0.05) is 13.5 Å². The number of carbonyl (C=O) groups excluding carboxylic acids is 1. The van der Waals surface area contributed by atoms with Gasteiger partial charge in [0.1, 0.15) is 17.9 Å². The van der Waals surface area contributed by atoms with Crippen molar-refractivity contribution in [3.05, 3.63) is 12.7 Å². The van der Waals surface area contributed by atoms with Crippen LogP contribution in [0.3, 0.4) is 0 Å². The van der Waals surface area contributed by atoms with Crippen LogP contribution in [0.2, 0.25) is 0 Å². The van der Waals surface area contributed by atoms with E-state index in [1.54, 1.807) is 18.3 Å². The van der Waals surface area contributed by atoms with Crippen LogP contribution in [0.4, 0.5) is 5.82 Å². The smallest absolute Gasteiger partial charge is 0.239 e. The quantitative estimate of drug-likeness (QED) is 0.580. The Balaban J connectivity index is 1.44. The van der Waals surface area contributed by atoms with Crippen LogP contribution >= 0.6 is 0 Å². The zero-order chi connectivity index (χ0) is 19.0. The lowest BCUT2D eigenvalue weighted by Gasteiger charge is -2.42. The summed E-state index contributed by atoms with van der Waals surface area (Å²) >= 11 is 0. The van der Waals surface area contributed by atoms with Crippen molar-refractivity contribution in [3.8, 4) is 0 Å². The Morgan fingerprint density at radius 2 is 2.26 bits per heavy atom. The van der Waals surface area contributed by atoms with Gasteiger partial charge >= 0.3 is 0 Å². The number of aliphatic hydroxyl groups excluding tert-OH is 1. The Hall–Kier alpha value is -2.30. The van der Waals surface area contributed by atoms with Gasteiger partial charge in [-0.05, 0) is 26.3 Å². The Bertz CT molecular complexity index is 807. The molecule has 0 bridgehead atoms. The van der Waals surface area contributed by atoms with E-state index in [1.165, 1.54) is 6.33 Å². The number of rotatable bonds is 4. The standard InChI is InChI=1S/C17H25N7O3/c1-9-11(24(2)17(26)10-4-3-5-18-10)6-12(25)16(27-9)23-15-13-14(20-7-19-13)21-8-22-15/h7-12,16,18,25H,3-6H2,1-2H3,(H2,19,20,21,22,23)/t9-,10+,11+,12-,16-/m0/s1. The molecule has 4 rings (SSSR count). The Morgan fingerprint density at radius 3 is 3.04 bits per heavy atom. The normalized spacial score (nSPS) is 31.1. The van der Waals surface area contributed by atoms with E-state index in [0.29, 0.717) is 23.4 Å². The second-order valence-corrected chi connectivity index (χ2v) is 7.20. The fraction of sp³-hybridized carbons (Fsp3) is 0.647. The topological polar surface area (TPSA) is 128 Å². The van der Waals surface area contributed by atoms with Crippen LogP contribution in [0, 0.1) is 0 Å². The molecule has 2 aliphatic heterocycles. The number of amides is 1. The first-order valence-electron chi connectivity index (χ1n) is 9.29. The van der Waals surface area contributed by atoms with Gasteiger partial charge in [0.05, 0.1) is 24.5 Å². The third-order valence-corrected chi connectivity index (χ3v) is 5.44. The number of anilines is 1. The average Bonchev–Trinajstić information content (AvgIpc) is 3.35. The molecule has 2 saturated heterocycles. The van der Waals surface area contributed by atoms with Crippen LogP contribution in [0.5, 0.6) is 0 Å². The number of H-pyrrole nitrogens is 1. The summed E-state index contributed by atoms with van der Waals surface area (Å²) in [4.78, 5) is 29.7. The largest absolute Gasteiger partial charge is 0.388 e. The van der Waals surface area contributed by atoms with E-state index >= 15 is 0 Å². The van der Waals surface area contributed by atoms with Crippen molar-refractivity contribution in [1.29, 1.82) is 0 Å². The second-order valence-electron chi connectivity index (χ2n) is 7.20. The molecular weight excluding hydrogens is 350 g/mol. The summed E-state index contributed by atoms with van der Waals surface area (Å²) in [5, 5.41) is 17.0. The Labute approximate surface area is 156 Å². The Morgan fingerprint density at radius 1 is 1.41 bits per heavy atom. The maximum absolute atomic E-state index is 12.7. The number of aliphatic hydroxyl groups is 1. The van der Waals surface area contributed by atoms with Crippen molar-refractivity contribution in [3.63, 3.8) is 0 Å². The molecule has 4 N–H and O–H groups in total. The van der Waals surface area contributed by atoms with Crippen LogP contribution < -0.4 is 10.6 Å². The van der Waals surface area contributed by atoms with Gasteiger partial charge in [-0.15, -0.1) is 0 Å². The minimum atomic E-state index is -0.786. The predicted octanol–water partition coefficient (Wildman–Crippen LogP) is -0.160. The highest BCUT2D eigenvalue weighted by atomic mass is 16.5.